The molecule has 1 heteroatoms. The summed E-state index contributed by atoms with van der Waals surface area (Å²) in [6.07, 6.45) is 11.8. The Hall–Kier alpha value is -0.430. The van der Waals surface area contributed by atoms with Gasteiger partial charge in [-0.3, -0.25) is 0 Å². The van der Waals surface area contributed by atoms with Crippen LogP contribution in [0.4, 0.5) is 0 Å². The molecule has 0 heterocycles. The molecule has 0 aliphatic carbocycles. The lowest BCUT2D eigenvalue weighted by molar-refractivity contribution is 0.515. The van der Waals surface area contributed by atoms with E-state index in [0.29, 0.717) is 0 Å². The normalized spacial score (nSPS) is 11.1. The van der Waals surface area contributed by atoms with Gasteiger partial charge >= 0.3 is 0 Å². The van der Waals surface area contributed by atoms with Crippen LogP contribution in [0.2, 0.25) is 0 Å². The Morgan fingerprint density at radius 2 is 1.50 bits per heavy atom. The molecule has 0 radical (unpaired) electrons. The predicted octanol–water partition coefficient (Wildman–Crippen LogP) is 5.95. The fraction of sp³-hybridized carbons (Fsp3) is 0.647. The molecule has 1 aromatic rings. The number of thioether (sulfide) groups is 1. The SMILES string of the molecule is CSc1ccc(CCCCCCCC(C)C)cc1. The summed E-state index contributed by atoms with van der Waals surface area (Å²) in [7, 11) is 0. The van der Waals surface area contributed by atoms with Gasteiger partial charge in [-0.15, -0.1) is 11.8 Å². The maximum atomic E-state index is 2.32. The van der Waals surface area contributed by atoms with Gasteiger partial charge < -0.3 is 0 Å². The summed E-state index contributed by atoms with van der Waals surface area (Å²) in [5.41, 5.74) is 1.50. The van der Waals surface area contributed by atoms with Gasteiger partial charge in [0.1, 0.15) is 0 Å². The highest BCUT2D eigenvalue weighted by molar-refractivity contribution is 7.98. The van der Waals surface area contributed by atoms with Gasteiger partial charge in [-0.05, 0) is 42.7 Å². The zero-order chi connectivity index (χ0) is 13.2. The molecule has 0 aliphatic heterocycles. The second-order valence-corrected chi connectivity index (χ2v) is 6.43. The zero-order valence-electron chi connectivity index (χ0n) is 12.2. The molecule has 0 amide bonds. The monoisotopic (exact) mass is 264 g/mol. The molecule has 0 bridgehead atoms. The van der Waals surface area contributed by atoms with E-state index in [0.717, 1.165) is 5.92 Å². The predicted molar refractivity (Wildman–Crippen MR) is 84.5 cm³/mol. The van der Waals surface area contributed by atoms with E-state index in [1.807, 2.05) is 11.8 Å². The first kappa shape index (κ1) is 15.6. The number of benzene rings is 1. The summed E-state index contributed by atoms with van der Waals surface area (Å²) in [5.74, 6) is 0.875. The van der Waals surface area contributed by atoms with E-state index in [1.54, 1.807) is 0 Å². The molecular formula is C17H28S. The van der Waals surface area contributed by atoms with Gasteiger partial charge in [0, 0.05) is 4.90 Å². The largest absolute Gasteiger partial charge is 0.130 e. The molecule has 18 heavy (non-hydrogen) atoms. The van der Waals surface area contributed by atoms with Gasteiger partial charge in [0.2, 0.25) is 0 Å². The summed E-state index contributed by atoms with van der Waals surface area (Å²) in [4.78, 5) is 1.37. The lowest BCUT2D eigenvalue weighted by Gasteiger charge is -2.05. The van der Waals surface area contributed by atoms with E-state index >= 15 is 0 Å². The molecule has 0 nitrogen and oxygen atoms in total. The minimum absolute atomic E-state index is 0.875. The minimum atomic E-state index is 0.875. The van der Waals surface area contributed by atoms with Gasteiger partial charge in [-0.1, -0.05) is 58.1 Å². The third kappa shape index (κ3) is 7.10. The van der Waals surface area contributed by atoms with E-state index in [4.69, 9.17) is 0 Å². The second-order valence-electron chi connectivity index (χ2n) is 5.55. The molecule has 102 valence electrons. The number of hydrogen-bond donors (Lipinski definition) is 0. The van der Waals surface area contributed by atoms with Crippen LogP contribution < -0.4 is 0 Å². The Morgan fingerprint density at radius 1 is 0.889 bits per heavy atom. The van der Waals surface area contributed by atoms with E-state index in [1.165, 1.54) is 55.4 Å². The lowest BCUT2D eigenvalue weighted by atomic mass is 10.0. The summed E-state index contributed by atoms with van der Waals surface area (Å²) in [6.45, 7) is 4.64. The maximum absolute atomic E-state index is 2.32. The van der Waals surface area contributed by atoms with Crippen molar-refractivity contribution in [3.63, 3.8) is 0 Å². The second kappa shape index (κ2) is 9.49. The minimum Gasteiger partial charge on any atom is -0.130 e. The van der Waals surface area contributed by atoms with Crippen LogP contribution in [0.15, 0.2) is 29.2 Å². The van der Waals surface area contributed by atoms with Gasteiger partial charge in [-0.2, -0.15) is 0 Å². The van der Waals surface area contributed by atoms with E-state index in [9.17, 15) is 0 Å². The van der Waals surface area contributed by atoms with Crippen molar-refractivity contribution in [2.75, 3.05) is 6.26 Å². The van der Waals surface area contributed by atoms with Crippen molar-refractivity contribution in [3.05, 3.63) is 29.8 Å². The zero-order valence-corrected chi connectivity index (χ0v) is 13.1. The lowest BCUT2D eigenvalue weighted by Crippen LogP contribution is -1.88. The average molecular weight is 264 g/mol. The molecular weight excluding hydrogens is 236 g/mol. The molecule has 0 aromatic heterocycles. The fourth-order valence-electron chi connectivity index (χ4n) is 2.20. The van der Waals surface area contributed by atoms with Gasteiger partial charge in [0.25, 0.3) is 0 Å². The molecule has 0 N–H and O–H groups in total. The molecule has 0 atom stereocenters. The third-order valence-corrected chi connectivity index (χ3v) is 4.15. The molecule has 0 fully saturated rings. The molecule has 0 spiro atoms. The highest BCUT2D eigenvalue weighted by atomic mass is 32.2. The summed E-state index contributed by atoms with van der Waals surface area (Å²) >= 11 is 1.82. The van der Waals surface area contributed by atoms with Crippen LogP contribution in [0.3, 0.4) is 0 Å². The Balaban J connectivity index is 2.03. The number of hydrogen-bond acceptors (Lipinski definition) is 1. The van der Waals surface area contributed by atoms with Crippen LogP contribution in [-0.4, -0.2) is 6.26 Å². The number of unbranched alkanes of at least 4 members (excludes halogenated alkanes) is 4. The first-order valence-electron chi connectivity index (χ1n) is 7.35. The van der Waals surface area contributed by atoms with Crippen LogP contribution in [0.25, 0.3) is 0 Å². The smallest absolute Gasteiger partial charge is 0.00693 e. The Morgan fingerprint density at radius 3 is 2.11 bits per heavy atom. The summed E-state index contributed by atoms with van der Waals surface area (Å²) in [5, 5.41) is 0. The van der Waals surface area contributed by atoms with Crippen molar-refractivity contribution in [2.24, 2.45) is 5.92 Å². The molecule has 1 rings (SSSR count). The molecule has 0 unspecified atom stereocenters. The molecule has 0 saturated carbocycles. The topological polar surface area (TPSA) is 0 Å². The van der Waals surface area contributed by atoms with E-state index in [-0.39, 0.29) is 0 Å². The standard InChI is InChI=1S/C17H28S/c1-15(2)9-7-5-4-6-8-10-16-11-13-17(18-3)14-12-16/h11-15H,4-10H2,1-3H3. The van der Waals surface area contributed by atoms with Crippen LogP contribution in [0, 0.1) is 5.92 Å². The van der Waals surface area contributed by atoms with Gasteiger partial charge in [0.05, 0.1) is 0 Å². The molecule has 0 saturated heterocycles. The van der Waals surface area contributed by atoms with Crippen molar-refractivity contribution in [3.8, 4) is 0 Å². The van der Waals surface area contributed by atoms with Crippen LogP contribution in [-0.2, 0) is 6.42 Å². The Kier molecular flexibility index (Phi) is 8.24. The van der Waals surface area contributed by atoms with Crippen LogP contribution in [0.1, 0.15) is 57.9 Å². The van der Waals surface area contributed by atoms with Crippen molar-refractivity contribution < 1.29 is 0 Å². The van der Waals surface area contributed by atoms with Crippen LogP contribution in [0.5, 0.6) is 0 Å². The van der Waals surface area contributed by atoms with E-state index < -0.39 is 0 Å². The van der Waals surface area contributed by atoms with Crippen molar-refractivity contribution in [1.82, 2.24) is 0 Å². The van der Waals surface area contributed by atoms with Gasteiger partial charge in [-0.25, -0.2) is 0 Å². The first-order chi connectivity index (χ1) is 8.72. The quantitative estimate of drug-likeness (QED) is 0.392. The number of rotatable bonds is 9. The average Bonchev–Trinajstić information content (AvgIpc) is 2.38. The van der Waals surface area contributed by atoms with Crippen LogP contribution >= 0.6 is 11.8 Å². The van der Waals surface area contributed by atoms with Gasteiger partial charge in [0.15, 0.2) is 0 Å². The summed E-state index contributed by atoms with van der Waals surface area (Å²) < 4.78 is 0. The fourth-order valence-corrected chi connectivity index (χ4v) is 2.61. The first-order valence-corrected chi connectivity index (χ1v) is 8.57. The maximum Gasteiger partial charge on any atom is 0.00693 e. The Bertz CT molecular complexity index is 300. The Labute approximate surface area is 118 Å². The highest BCUT2D eigenvalue weighted by Crippen LogP contribution is 2.17. The number of aryl methyl sites for hydroxylation is 1. The molecule has 1 aromatic carbocycles. The van der Waals surface area contributed by atoms with E-state index in [2.05, 4.69) is 44.4 Å². The summed E-state index contributed by atoms with van der Waals surface area (Å²) in [6, 6.07) is 9.04. The molecule has 0 aliphatic rings. The third-order valence-electron chi connectivity index (χ3n) is 3.41. The highest BCUT2D eigenvalue weighted by Gasteiger charge is 1.96. The van der Waals surface area contributed by atoms with Crippen molar-refractivity contribution in [1.29, 1.82) is 0 Å². The van der Waals surface area contributed by atoms with Crippen molar-refractivity contribution >= 4 is 11.8 Å². The van der Waals surface area contributed by atoms with Crippen molar-refractivity contribution in [2.45, 2.75) is 63.7 Å².